The number of nitro groups is 1. The summed E-state index contributed by atoms with van der Waals surface area (Å²) in [6.07, 6.45) is 0. The van der Waals surface area contributed by atoms with E-state index >= 15 is 0 Å². The predicted molar refractivity (Wildman–Crippen MR) is 70.1 cm³/mol. The van der Waals surface area contributed by atoms with Crippen molar-refractivity contribution in [2.75, 3.05) is 5.32 Å². The lowest BCUT2D eigenvalue weighted by atomic mass is 10.2. The average molecular weight is 262 g/mol. The van der Waals surface area contributed by atoms with Gasteiger partial charge in [0.25, 0.3) is 5.69 Å². The third-order valence-electron chi connectivity index (χ3n) is 2.91. The number of nitrogens with one attached hydrogen (secondary N) is 2. The maximum Gasteiger partial charge on any atom is 0.296 e. The summed E-state index contributed by atoms with van der Waals surface area (Å²) in [7, 11) is 0. The Morgan fingerprint density at radius 1 is 1.47 bits per heavy atom. The molecule has 7 heteroatoms. The Balaban J connectivity index is 2.23. The van der Waals surface area contributed by atoms with Crippen molar-refractivity contribution in [3.63, 3.8) is 0 Å². The van der Waals surface area contributed by atoms with Gasteiger partial charge in [0, 0.05) is 17.8 Å². The lowest BCUT2D eigenvalue weighted by Gasteiger charge is -2.07. The van der Waals surface area contributed by atoms with Crippen LogP contribution in [-0.2, 0) is 6.54 Å². The van der Waals surface area contributed by atoms with Crippen LogP contribution in [0.15, 0.2) is 18.2 Å². The molecule has 0 unspecified atom stereocenters. The SMILES string of the molecule is Cc1n[nH]c(C)c1CNc1ccc(O)cc1[N+](=O)[O-]. The van der Waals surface area contributed by atoms with Crippen molar-refractivity contribution in [2.24, 2.45) is 0 Å². The minimum atomic E-state index is -0.531. The first kappa shape index (κ1) is 12.9. The molecule has 3 N–H and O–H groups in total. The average Bonchev–Trinajstić information content (AvgIpc) is 2.68. The van der Waals surface area contributed by atoms with Crippen LogP contribution in [0.5, 0.6) is 5.75 Å². The fraction of sp³-hybridized carbons (Fsp3) is 0.250. The van der Waals surface area contributed by atoms with Crippen molar-refractivity contribution in [3.05, 3.63) is 45.3 Å². The van der Waals surface area contributed by atoms with E-state index < -0.39 is 4.92 Å². The van der Waals surface area contributed by atoms with E-state index in [9.17, 15) is 15.2 Å². The Hall–Kier alpha value is -2.57. The zero-order valence-corrected chi connectivity index (χ0v) is 10.6. The van der Waals surface area contributed by atoms with Gasteiger partial charge in [0.1, 0.15) is 11.4 Å². The second-order valence-electron chi connectivity index (χ2n) is 4.22. The molecule has 0 aliphatic heterocycles. The Morgan fingerprint density at radius 2 is 2.21 bits per heavy atom. The maximum absolute atomic E-state index is 10.9. The van der Waals surface area contributed by atoms with Crippen molar-refractivity contribution in [1.29, 1.82) is 0 Å². The van der Waals surface area contributed by atoms with E-state index in [1.165, 1.54) is 12.1 Å². The molecule has 0 saturated carbocycles. The van der Waals surface area contributed by atoms with Gasteiger partial charge in [-0.15, -0.1) is 0 Å². The zero-order chi connectivity index (χ0) is 14.0. The number of hydrogen-bond acceptors (Lipinski definition) is 5. The van der Waals surface area contributed by atoms with Crippen molar-refractivity contribution < 1.29 is 10.0 Å². The normalized spacial score (nSPS) is 10.4. The molecule has 1 heterocycles. The Labute approximate surface area is 109 Å². The van der Waals surface area contributed by atoms with Crippen LogP contribution in [0.25, 0.3) is 0 Å². The number of nitro benzene ring substituents is 1. The van der Waals surface area contributed by atoms with Gasteiger partial charge in [-0.1, -0.05) is 0 Å². The van der Waals surface area contributed by atoms with E-state index in [-0.39, 0.29) is 11.4 Å². The number of hydrogen-bond donors (Lipinski definition) is 3. The summed E-state index contributed by atoms with van der Waals surface area (Å²) in [6.45, 7) is 4.19. The van der Waals surface area contributed by atoms with Gasteiger partial charge in [0.05, 0.1) is 16.7 Å². The standard InChI is InChI=1S/C12H14N4O3/c1-7-10(8(2)15-14-7)6-13-11-4-3-9(17)5-12(11)16(18)19/h3-5,13,17H,6H2,1-2H3,(H,14,15). The highest BCUT2D eigenvalue weighted by Crippen LogP contribution is 2.29. The van der Waals surface area contributed by atoms with Crippen LogP contribution >= 0.6 is 0 Å². The molecule has 0 fully saturated rings. The van der Waals surface area contributed by atoms with E-state index in [2.05, 4.69) is 15.5 Å². The predicted octanol–water partition coefficient (Wildman–Crippen LogP) is 2.25. The third-order valence-corrected chi connectivity index (χ3v) is 2.91. The van der Waals surface area contributed by atoms with Gasteiger partial charge < -0.3 is 10.4 Å². The first-order valence-electron chi connectivity index (χ1n) is 5.70. The van der Waals surface area contributed by atoms with Crippen molar-refractivity contribution in [3.8, 4) is 5.75 Å². The Morgan fingerprint density at radius 3 is 2.79 bits per heavy atom. The van der Waals surface area contributed by atoms with E-state index in [0.717, 1.165) is 23.0 Å². The fourth-order valence-electron chi connectivity index (χ4n) is 1.84. The van der Waals surface area contributed by atoms with Crippen LogP contribution in [0.4, 0.5) is 11.4 Å². The zero-order valence-electron chi connectivity index (χ0n) is 10.6. The van der Waals surface area contributed by atoms with Gasteiger partial charge in [-0.25, -0.2) is 0 Å². The fourth-order valence-corrected chi connectivity index (χ4v) is 1.84. The lowest BCUT2D eigenvalue weighted by molar-refractivity contribution is -0.384. The second-order valence-corrected chi connectivity index (χ2v) is 4.22. The van der Waals surface area contributed by atoms with Gasteiger partial charge >= 0.3 is 0 Å². The van der Waals surface area contributed by atoms with Gasteiger partial charge in [0.2, 0.25) is 0 Å². The molecule has 0 atom stereocenters. The molecule has 7 nitrogen and oxygen atoms in total. The lowest BCUT2D eigenvalue weighted by Crippen LogP contribution is -2.04. The highest BCUT2D eigenvalue weighted by Gasteiger charge is 2.15. The number of benzene rings is 1. The van der Waals surface area contributed by atoms with Crippen LogP contribution < -0.4 is 5.32 Å². The van der Waals surface area contributed by atoms with E-state index in [0.29, 0.717) is 12.2 Å². The number of aromatic hydroxyl groups is 1. The number of nitrogens with zero attached hydrogens (tertiary/aromatic N) is 2. The Kier molecular flexibility index (Phi) is 3.37. The first-order valence-corrected chi connectivity index (χ1v) is 5.70. The summed E-state index contributed by atoms with van der Waals surface area (Å²) in [4.78, 5) is 10.4. The molecule has 1 aromatic carbocycles. The van der Waals surface area contributed by atoms with Gasteiger partial charge in [-0.3, -0.25) is 15.2 Å². The van der Waals surface area contributed by atoms with Crippen LogP contribution in [-0.4, -0.2) is 20.2 Å². The van der Waals surface area contributed by atoms with Crippen molar-refractivity contribution in [1.82, 2.24) is 10.2 Å². The van der Waals surface area contributed by atoms with Crippen LogP contribution in [0, 0.1) is 24.0 Å². The molecule has 0 aliphatic carbocycles. The third kappa shape index (κ3) is 2.65. The summed E-state index contributed by atoms with van der Waals surface area (Å²) in [5.74, 6) is -0.132. The summed E-state index contributed by atoms with van der Waals surface area (Å²) in [5, 5.41) is 30.1. The molecule has 0 saturated heterocycles. The van der Waals surface area contributed by atoms with Gasteiger partial charge in [0.15, 0.2) is 0 Å². The molecule has 19 heavy (non-hydrogen) atoms. The minimum absolute atomic E-state index is 0.132. The van der Waals surface area contributed by atoms with Gasteiger partial charge in [-0.2, -0.15) is 5.10 Å². The largest absolute Gasteiger partial charge is 0.508 e. The number of aryl methyl sites for hydroxylation is 2. The molecular weight excluding hydrogens is 248 g/mol. The molecule has 0 amide bonds. The molecule has 0 radical (unpaired) electrons. The number of anilines is 1. The van der Waals surface area contributed by atoms with Crippen LogP contribution in [0.3, 0.4) is 0 Å². The molecule has 2 rings (SSSR count). The topological polar surface area (TPSA) is 104 Å². The number of aromatic amines is 1. The van der Waals surface area contributed by atoms with E-state index in [4.69, 9.17) is 0 Å². The molecule has 100 valence electrons. The number of phenols is 1. The summed E-state index contributed by atoms with van der Waals surface area (Å²) >= 11 is 0. The maximum atomic E-state index is 10.9. The monoisotopic (exact) mass is 262 g/mol. The number of aromatic nitrogens is 2. The first-order chi connectivity index (χ1) is 8.99. The Bertz CT molecular complexity index is 602. The molecule has 0 spiro atoms. The smallest absolute Gasteiger partial charge is 0.296 e. The molecule has 2 aromatic rings. The summed E-state index contributed by atoms with van der Waals surface area (Å²) in [5.41, 5.74) is 2.96. The summed E-state index contributed by atoms with van der Waals surface area (Å²) < 4.78 is 0. The summed E-state index contributed by atoms with van der Waals surface area (Å²) in [6, 6.07) is 4.01. The minimum Gasteiger partial charge on any atom is -0.508 e. The highest BCUT2D eigenvalue weighted by atomic mass is 16.6. The number of phenolic OH excluding ortho intramolecular Hbond substituents is 1. The molecule has 0 aliphatic rings. The van der Waals surface area contributed by atoms with Crippen molar-refractivity contribution in [2.45, 2.75) is 20.4 Å². The second kappa shape index (κ2) is 4.97. The van der Waals surface area contributed by atoms with Crippen LogP contribution in [0.1, 0.15) is 17.0 Å². The molecular formula is C12H14N4O3. The number of H-pyrrole nitrogens is 1. The quantitative estimate of drug-likeness (QED) is 0.445. The van der Waals surface area contributed by atoms with E-state index in [1.54, 1.807) is 0 Å². The highest BCUT2D eigenvalue weighted by molar-refractivity contribution is 5.63. The molecule has 1 aromatic heterocycles. The molecule has 0 bridgehead atoms. The van der Waals surface area contributed by atoms with Gasteiger partial charge in [-0.05, 0) is 26.0 Å². The van der Waals surface area contributed by atoms with E-state index in [1.807, 2.05) is 13.8 Å². The van der Waals surface area contributed by atoms with Crippen LogP contribution in [0.2, 0.25) is 0 Å². The van der Waals surface area contributed by atoms with Crippen molar-refractivity contribution >= 4 is 11.4 Å². The number of rotatable bonds is 4.